The van der Waals surface area contributed by atoms with Gasteiger partial charge in [0.15, 0.2) is 11.6 Å². The zero-order chi connectivity index (χ0) is 25.9. The Bertz CT molecular complexity index is 1230. The molecule has 38 heavy (non-hydrogen) atoms. The van der Waals surface area contributed by atoms with Crippen molar-refractivity contribution in [3.8, 4) is 22.8 Å². The Morgan fingerprint density at radius 1 is 0.921 bits per heavy atom. The van der Waals surface area contributed by atoms with E-state index in [0.29, 0.717) is 17.0 Å². The fraction of sp³-hybridized carbons (Fsp3) is 0.448. The minimum absolute atomic E-state index is 0.00825. The average Bonchev–Trinajstić information content (AvgIpc) is 2.93. The third kappa shape index (κ3) is 5.49. The van der Waals surface area contributed by atoms with Gasteiger partial charge in [0.05, 0.1) is 6.54 Å². The van der Waals surface area contributed by atoms with Crippen molar-refractivity contribution in [3.05, 3.63) is 54.6 Å². The van der Waals surface area contributed by atoms with Crippen LogP contribution >= 0.6 is 0 Å². The van der Waals surface area contributed by atoms with Crippen molar-refractivity contribution in [3.63, 3.8) is 0 Å². The van der Waals surface area contributed by atoms with Crippen LogP contribution in [0.1, 0.15) is 12.8 Å². The SMILES string of the molecule is Nc1nnc(-c2ccccc2O)cc1O[C@H]1CCCN(c2ccc(N3CCN(CC4CNC4)CC3)cc2)C1. The maximum absolute atomic E-state index is 10.2. The number of benzene rings is 2. The Balaban J connectivity index is 1.06. The average molecular weight is 516 g/mol. The van der Waals surface area contributed by atoms with Gasteiger partial charge >= 0.3 is 0 Å². The first kappa shape index (κ1) is 24.8. The number of nitrogens with two attached hydrogens (primary N) is 1. The van der Waals surface area contributed by atoms with Gasteiger partial charge in [0, 0.05) is 75.4 Å². The largest absolute Gasteiger partial charge is 0.507 e. The first-order valence-corrected chi connectivity index (χ1v) is 13.7. The molecule has 2 aromatic carbocycles. The molecule has 9 nitrogen and oxygen atoms in total. The number of piperidine rings is 1. The number of rotatable bonds is 7. The van der Waals surface area contributed by atoms with E-state index in [-0.39, 0.29) is 17.7 Å². The van der Waals surface area contributed by atoms with E-state index in [1.165, 1.54) is 31.0 Å². The van der Waals surface area contributed by atoms with Crippen LogP contribution in [0.5, 0.6) is 11.5 Å². The third-order valence-corrected chi connectivity index (χ3v) is 7.97. The molecule has 0 unspecified atom stereocenters. The topological polar surface area (TPSA) is 103 Å². The Labute approximate surface area is 224 Å². The van der Waals surface area contributed by atoms with Gasteiger partial charge in [-0.05, 0) is 55.2 Å². The Kier molecular flexibility index (Phi) is 7.20. The lowest BCUT2D eigenvalue weighted by Gasteiger charge is -2.40. The van der Waals surface area contributed by atoms with Crippen LogP contribution in [0.4, 0.5) is 17.2 Å². The standard InChI is InChI=1S/C29H37N7O2/c30-29-28(16-26(32-33-29)25-5-1-2-6-27(25)37)38-24-4-3-11-36(20-24)23-9-7-22(8-10-23)35-14-12-34(13-15-35)19-21-17-31-18-21/h1-2,5-10,16,21,24,31,37H,3-4,11-15,17-20H2,(H2,30,33)/t24-/m0/s1. The molecule has 3 fully saturated rings. The minimum Gasteiger partial charge on any atom is -0.507 e. The van der Waals surface area contributed by atoms with Gasteiger partial charge in [-0.2, -0.15) is 0 Å². The van der Waals surface area contributed by atoms with Crippen LogP contribution < -0.4 is 25.6 Å². The van der Waals surface area contributed by atoms with Gasteiger partial charge < -0.3 is 30.7 Å². The van der Waals surface area contributed by atoms with Gasteiger partial charge in [0.25, 0.3) is 0 Å². The van der Waals surface area contributed by atoms with E-state index in [4.69, 9.17) is 10.5 Å². The fourth-order valence-electron chi connectivity index (χ4n) is 5.65. The fourth-order valence-corrected chi connectivity index (χ4v) is 5.65. The molecule has 0 aliphatic carbocycles. The molecule has 0 spiro atoms. The molecule has 4 heterocycles. The summed E-state index contributed by atoms with van der Waals surface area (Å²) in [5.41, 5.74) is 9.77. The quantitative estimate of drug-likeness (QED) is 0.438. The molecular formula is C29H37N7O2. The third-order valence-electron chi connectivity index (χ3n) is 7.97. The highest BCUT2D eigenvalue weighted by molar-refractivity contribution is 5.68. The zero-order valence-electron chi connectivity index (χ0n) is 21.8. The number of phenols is 1. The van der Waals surface area contributed by atoms with Gasteiger partial charge in [0.2, 0.25) is 0 Å². The van der Waals surface area contributed by atoms with E-state index in [1.807, 2.05) is 6.07 Å². The summed E-state index contributed by atoms with van der Waals surface area (Å²) in [6.45, 7) is 9.82. The molecule has 0 radical (unpaired) electrons. The van der Waals surface area contributed by atoms with Crippen molar-refractivity contribution in [1.29, 1.82) is 0 Å². The number of hydrogen-bond acceptors (Lipinski definition) is 9. The molecule has 200 valence electrons. The summed E-state index contributed by atoms with van der Waals surface area (Å²) >= 11 is 0. The van der Waals surface area contributed by atoms with E-state index >= 15 is 0 Å². The highest BCUT2D eigenvalue weighted by Crippen LogP contribution is 2.32. The summed E-state index contributed by atoms with van der Waals surface area (Å²) in [6.07, 6.45) is 1.98. The van der Waals surface area contributed by atoms with Gasteiger partial charge in [-0.1, -0.05) is 12.1 Å². The number of nitrogen functional groups attached to an aromatic ring is 1. The number of nitrogens with zero attached hydrogens (tertiary/aromatic N) is 5. The normalized spacial score (nSPS) is 20.8. The Hall–Kier alpha value is -3.56. The predicted octanol–water partition coefficient (Wildman–Crippen LogP) is 2.82. The summed E-state index contributed by atoms with van der Waals surface area (Å²) in [5.74, 6) is 1.75. The van der Waals surface area contributed by atoms with E-state index < -0.39 is 0 Å². The first-order chi connectivity index (χ1) is 18.6. The molecule has 0 bridgehead atoms. The molecule has 3 aliphatic rings. The van der Waals surface area contributed by atoms with E-state index in [0.717, 1.165) is 58.0 Å². The van der Waals surface area contributed by atoms with Crippen LogP contribution in [0.15, 0.2) is 54.6 Å². The number of piperazine rings is 1. The summed E-state index contributed by atoms with van der Waals surface area (Å²) in [5, 5.41) is 21.8. The number of aromatic nitrogens is 2. The molecule has 1 aromatic heterocycles. The lowest BCUT2D eigenvalue weighted by Crippen LogP contribution is -2.53. The molecule has 6 rings (SSSR count). The number of hydrogen-bond donors (Lipinski definition) is 3. The number of para-hydroxylation sites is 1. The summed E-state index contributed by atoms with van der Waals surface area (Å²) in [4.78, 5) is 7.50. The second-order valence-corrected chi connectivity index (χ2v) is 10.7. The van der Waals surface area contributed by atoms with Crippen LogP contribution in [-0.4, -0.2) is 85.2 Å². The monoisotopic (exact) mass is 515 g/mol. The van der Waals surface area contributed by atoms with Crippen molar-refractivity contribution >= 4 is 17.2 Å². The molecule has 9 heteroatoms. The summed E-state index contributed by atoms with van der Waals surface area (Å²) < 4.78 is 6.34. The van der Waals surface area contributed by atoms with Crippen LogP contribution in [-0.2, 0) is 0 Å². The van der Waals surface area contributed by atoms with Gasteiger partial charge in [-0.3, -0.25) is 4.90 Å². The lowest BCUT2D eigenvalue weighted by atomic mass is 10.0. The van der Waals surface area contributed by atoms with E-state index in [2.05, 4.69) is 54.5 Å². The van der Waals surface area contributed by atoms with E-state index in [1.54, 1.807) is 24.3 Å². The van der Waals surface area contributed by atoms with Gasteiger partial charge in [0.1, 0.15) is 17.5 Å². The maximum Gasteiger partial charge on any atom is 0.188 e. The molecule has 1 atom stereocenters. The van der Waals surface area contributed by atoms with Crippen LogP contribution in [0.2, 0.25) is 0 Å². The molecule has 0 saturated carbocycles. The van der Waals surface area contributed by atoms with Gasteiger partial charge in [-0.25, -0.2) is 0 Å². The number of aromatic hydroxyl groups is 1. The molecular weight excluding hydrogens is 478 g/mol. The molecule has 3 aromatic rings. The van der Waals surface area contributed by atoms with E-state index in [9.17, 15) is 5.11 Å². The van der Waals surface area contributed by atoms with Crippen molar-refractivity contribution in [1.82, 2.24) is 20.4 Å². The zero-order valence-corrected chi connectivity index (χ0v) is 21.8. The second-order valence-electron chi connectivity index (χ2n) is 10.7. The summed E-state index contributed by atoms with van der Waals surface area (Å²) in [6, 6.07) is 17.8. The molecule has 3 aliphatic heterocycles. The Morgan fingerprint density at radius 2 is 1.66 bits per heavy atom. The minimum atomic E-state index is -0.00825. The highest BCUT2D eigenvalue weighted by atomic mass is 16.5. The first-order valence-electron chi connectivity index (χ1n) is 13.7. The highest BCUT2D eigenvalue weighted by Gasteiger charge is 2.25. The van der Waals surface area contributed by atoms with Crippen molar-refractivity contribution in [2.75, 3.05) is 74.4 Å². The predicted molar refractivity (Wildman–Crippen MR) is 151 cm³/mol. The maximum atomic E-state index is 10.2. The summed E-state index contributed by atoms with van der Waals surface area (Å²) in [7, 11) is 0. The van der Waals surface area contributed by atoms with Crippen LogP contribution in [0.25, 0.3) is 11.3 Å². The smallest absolute Gasteiger partial charge is 0.188 e. The number of ether oxygens (including phenoxy) is 1. The number of nitrogens with one attached hydrogen (secondary N) is 1. The molecule has 0 amide bonds. The van der Waals surface area contributed by atoms with Gasteiger partial charge in [-0.15, -0.1) is 10.2 Å². The molecule has 3 saturated heterocycles. The molecule has 4 N–H and O–H groups in total. The van der Waals surface area contributed by atoms with Crippen molar-refractivity contribution < 1.29 is 9.84 Å². The van der Waals surface area contributed by atoms with Crippen molar-refractivity contribution in [2.45, 2.75) is 18.9 Å². The number of phenolic OH excluding ortho intramolecular Hbond substituents is 1. The lowest BCUT2D eigenvalue weighted by molar-refractivity contribution is 0.180. The second kappa shape index (κ2) is 11.0. The van der Waals surface area contributed by atoms with Crippen molar-refractivity contribution in [2.24, 2.45) is 5.92 Å². The number of anilines is 3. The van der Waals surface area contributed by atoms with Crippen LogP contribution in [0.3, 0.4) is 0 Å². The Morgan fingerprint density at radius 3 is 2.37 bits per heavy atom. The van der Waals surface area contributed by atoms with Crippen LogP contribution in [0, 0.1) is 5.92 Å².